The molecule has 0 saturated carbocycles. The summed E-state index contributed by atoms with van der Waals surface area (Å²) < 4.78 is 31.9. The molecule has 2 N–H and O–H groups in total. The summed E-state index contributed by atoms with van der Waals surface area (Å²) in [4.78, 5) is 12.6. The van der Waals surface area contributed by atoms with E-state index in [2.05, 4.69) is 20.7 Å². The third kappa shape index (κ3) is 3.75. The molecule has 2 aromatic carbocycles. The van der Waals surface area contributed by atoms with Crippen molar-refractivity contribution < 1.29 is 17.9 Å². The lowest BCUT2D eigenvalue weighted by atomic mass is 10.1. The highest BCUT2D eigenvalue weighted by Crippen LogP contribution is 2.18. The summed E-state index contributed by atoms with van der Waals surface area (Å²) in [5, 5.41) is 13.2. The van der Waals surface area contributed by atoms with Crippen LogP contribution in [0.1, 0.15) is 15.9 Å². The van der Waals surface area contributed by atoms with Crippen molar-refractivity contribution in [2.45, 2.75) is 11.4 Å². The van der Waals surface area contributed by atoms with E-state index >= 15 is 0 Å². The minimum absolute atomic E-state index is 0.237. The number of hydrogen-bond donors (Lipinski definition) is 2. The summed E-state index contributed by atoms with van der Waals surface area (Å²) >= 11 is 0. The molecule has 0 atom stereocenters. The molecule has 4 rings (SSSR count). The van der Waals surface area contributed by atoms with Crippen molar-refractivity contribution in [2.75, 3.05) is 26.3 Å². The Labute approximate surface area is 161 Å². The first-order valence-electron chi connectivity index (χ1n) is 8.79. The first kappa shape index (κ1) is 18.5. The Morgan fingerprint density at radius 2 is 1.79 bits per heavy atom. The average molecular weight is 401 g/mol. The second kappa shape index (κ2) is 7.66. The van der Waals surface area contributed by atoms with Crippen LogP contribution in [0.25, 0.3) is 11.0 Å². The molecule has 1 saturated heterocycles. The molecule has 0 unspecified atom stereocenters. The summed E-state index contributed by atoms with van der Waals surface area (Å²) in [5.74, 6) is -0.241. The van der Waals surface area contributed by atoms with Gasteiger partial charge >= 0.3 is 0 Å². The number of sulfonamides is 1. The Morgan fingerprint density at radius 1 is 1.07 bits per heavy atom. The van der Waals surface area contributed by atoms with Crippen LogP contribution < -0.4 is 5.32 Å². The smallest absolute Gasteiger partial charge is 0.251 e. The van der Waals surface area contributed by atoms with Crippen LogP contribution in [-0.4, -0.2) is 60.3 Å². The van der Waals surface area contributed by atoms with Crippen molar-refractivity contribution in [1.29, 1.82) is 0 Å². The summed E-state index contributed by atoms with van der Waals surface area (Å²) in [6, 6.07) is 11.6. The number of aromatic amines is 1. The van der Waals surface area contributed by atoms with Gasteiger partial charge in [-0.3, -0.25) is 4.79 Å². The fourth-order valence-corrected chi connectivity index (χ4v) is 4.39. The number of aromatic nitrogens is 3. The SMILES string of the molecule is O=C(NCc1ccc(S(=O)(=O)N2CCOCC2)cc1)c1ccc2n[nH]nc2c1. The number of H-pyrrole nitrogens is 1. The van der Waals surface area contributed by atoms with E-state index in [1.807, 2.05) is 0 Å². The van der Waals surface area contributed by atoms with Gasteiger partial charge in [0.05, 0.1) is 18.1 Å². The van der Waals surface area contributed by atoms with Crippen molar-refractivity contribution in [3.05, 3.63) is 53.6 Å². The Hall–Kier alpha value is -2.82. The first-order valence-corrected chi connectivity index (χ1v) is 10.2. The Bertz CT molecular complexity index is 1090. The van der Waals surface area contributed by atoms with Gasteiger partial charge in [-0.15, -0.1) is 0 Å². The molecule has 1 amide bonds. The minimum Gasteiger partial charge on any atom is -0.379 e. The molecule has 146 valence electrons. The highest BCUT2D eigenvalue weighted by atomic mass is 32.2. The average Bonchev–Trinajstić information content (AvgIpc) is 3.21. The van der Waals surface area contributed by atoms with Gasteiger partial charge in [0, 0.05) is 25.2 Å². The number of hydrogen-bond acceptors (Lipinski definition) is 6. The number of nitrogens with one attached hydrogen (secondary N) is 2. The molecule has 0 radical (unpaired) electrons. The van der Waals surface area contributed by atoms with Crippen LogP contribution in [0.15, 0.2) is 47.4 Å². The molecular formula is C18H19N5O4S. The predicted molar refractivity (Wildman–Crippen MR) is 101 cm³/mol. The van der Waals surface area contributed by atoms with E-state index in [1.165, 1.54) is 4.31 Å². The second-order valence-electron chi connectivity index (χ2n) is 6.37. The summed E-state index contributed by atoms with van der Waals surface area (Å²) in [5.41, 5.74) is 2.59. The lowest BCUT2D eigenvalue weighted by Gasteiger charge is -2.26. The van der Waals surface area contributed by atoms with Crippen molar-refractivity contribution in [3.8, 4) is 0 Å². The van der Waals surface area contributed by atoms with Gasteiger partial charge in [0.2, 0.25) is 10.0 Å². The van der Waals surface area contributed by atoms with Gasteiger partial charge in [-0.25, -0.2) is 8.42 Å². The van der Waals surface area contributed by atoms with Crippen LogP contribution in [0, 0.1) is 0 Å². The lowest BCUT2D eigenvalue weighted by molar-refractivity contribution is 0.0730. The second-order valence-corrected chi connectivity index (χ2v) is 8.31. The molecule has 0 bridgehead atoms. The molecule has 1 aliphatic rings. The van der Waals surface area contributed by atoms with Crippen molar-refractivity contribution in [1.82, 2.24) is 25.0 Å². The van der Waals surface area contributed by atoms with Crippen molar-refractivity contribution in [3.63, 3.8) is 0 Å². The fraction of sp³-hybridized carbons (Fsp3) is 0.278. The maximum absolute atomic E-state index is 12.6. The van der Waals surface area contributed by atoms with Crippen LogP contribution in [-0.2, 0) is 21.3 Å². The molecule has 0 aliphatic carbocycles. The Balaban J connectivity index is 1.40. The van der Waals surface area contributed by atoms with Gasteiger partial charge in [-0.2, -0.15) is 19.7 Å². The van der Waals surface area contributed by atoms with E-state index < -0.39 is 10.0 Å². The van der Waals surface area contributed by atoms with Crippen molar-refractivity contribution >= 4 is 27.0 Å². The van der Waals surface area contributed by atoms with Gasteiger partial charge in [0.1, 0.15) is 11.0 Å². The van der Waals surface area contributed by atoms with Gasteiger partial charge in [-0.1, -0.05) is 12.1 Å². The molecule has 9 nitrogen and oxygen atoms in total. The molecular weight excluding hydrogens is 382 g/mol. The summed E-state index contributed by atoms with van der Waals surface area (Å²) in [7, 11) is -3.52. The molecule has 1 aliphatic heterocycles. The van der Waals surface area contributed by atoms with Crippen LogP contribution in [0.4, 0.5) is 0 Å². The zero-order valence-corrected chi connectivity index (χ0v) is 15.8. The van der Waals surface area contributed by atoms with Crippen molar-refractivity contribution in [2.24, 2.45) is 0 Å². The Morgan fingerprint density at radius 3 is 2.54 bits per heavy atom. The maximum atomic E-state index is 12.6. The number of morpholine rings is 1. The number of carbonyl (C=O) groups is 1. The molecule has 3 aromatic rings. The van der Waals surface area contributed by atoms with Crippen LogP contribution >= 0.6 is 0 Å². The quantitative estimate of drug-likeness (QED) is 0.656. The van der Waals surface area contributed by atoms with E-state index in [-0.39, 0.29) is 17.3 Å². The number of carbonyl (C=O) groups excluding carboxylic acids is 1. The highest BCUT2D eigenvalue weighted by molar-refractivity contribution is 7.89. The van der Waals surface area contributed by atoms with Gasteiger partial charge in [-0.05, 0) is 35.9 Å². The van der Waals surface area contributed by atoms with Gasteiger partial charge in [0.25, 0.3) is 5.91 Å². The standard InChI is InChI=1S/C18H19N5O4S/c24-18(14-3-6-16-17(11-14)21-22-20-16)19-12-13-1-4-15(5-2-13)28(25,26)23-7-9-27-10-8-23/h1-6,11H,7-10,12H2,(H,19,24)(H,20,21,22). The Kier molecular flexibility index (Phi) is 5.07. The summed E-state index contributed by atoms with van der Waals surface area (Å²) in [6.45, 7) is 1.81. The predicted octanol–water partition coefficient (Wildman–Crippen LogP) is 0.909. The molecule has 1 fully saturated rings. The number of rotatable bonds is 5. The molecule has 0 spiro atoms. The van der Waals surface area contributed by atoms with Gasteiger partial charge < -0.3 is 10.1 Å². The third-order valence-electron chi connectivity index (χ3n) is 4.56. The highest BCUT2D eigenvalue weighted by Gasteiger charge is 2.26. The summed E-state index contributed by atoms with van der Waals surface area (Å²) in [6.07, 6.45) is 0. The van der Waals surface area contributed by atoms with E-state index in [0.29, 0.717) is 42.9 Å². The van der Waals surface area contributed by atoms with Crippen LogP contribution in [0.3, 0.4) is 0 Å². The molecule has 10 heteroatoms. The van der Waals surface area contributed by atoms with E-state index in [1.54, 1.807) is 42.5 Å². The number of amides is 1. The van der Waals surface area contributed by atoms with E-state index in [9.17, 15) is 13.2 Å². The normalized spacial score (nSPS) is 15.6. The van der Waals surface area contributed by atoms with Crippen LogP contribution in [0.2, 0.25) is 0 Å². The number of ether oxygens (including phenoxy) is 1. The van der Waals surface area contributed by atoms with E-state index in [4.69, 9.17) is 4.74 Å². The number of benzene rings is 2. The molecule has 2 heterocycles. The lowest BCUT2D eigenvalue weighted by Crippen LogP contribution is -2.40. The zero-order valence-electron chi connectivity index (χ0n) is 15.0. The minimum atomic E-state index is -3.52. The van der Waals surface area contributed by atoms with Gasteiger partial charge in [0.15, 0.2) is 0 Å². The zero-order chi connectivity index (χ0) is 19.6. The third-order valence-corrected chi connectivity index (χ3v) is 6.48. The first-order chi connectivity index (χ1) is 13.5. The largest absolute Gasteiger partial charge is 0.379 e. The monoisotopic (exact) mass is 401 g/mol. The van der Waals surface area contributed by atoms with E-state index in [0.717, 1.165) is 5.56 Å². The fourth-order valence-electron chi connectivity index (χ4n) is 2.98. The number of nitrogens with zero attached hydrogens (tertiary/aromatic N) is 3. The maximum Gasteiger partial charge on any atom is 0.251 e. The van der Waals surface area contributed by atoms with Crippen LogP contribution in [0.5, 0.6) is 0 Å². The number of fused-ring (bicyclic) bond motifs is 1. The molecule has 28 heavy (non-hydrogen) atoms. The topological polar surface area (TPSA) is 117 Å². The molecule has 1 aromatic heterocycles.